The normalized spacial score (nSPS) is 11.0. The smallest absolute Gasteiger partial charge is 0.225 e. The maximum Gasteiger partial charge on any atom is 0.225 e. The van der Waals surface area contributed by atoms with E-state index in [4.69, 9.17) is 4.74 Å². The van der Waals surface area contributed by atoms with Crippen LogP contribution in [0, 0.1) is 0 Å². The van der Waals surface area contributed by atoms with Gasteiger partial charge in [-0.25, -0.2) is 4.98 Å². The van der Waals surface area contributed by atoms with Gasteiger partial charge in [0.05, 0.1) is 6.61 Å². The molecule has 0 saturated heterocycles. The number of carbonyl (C=O) groups is 1. The van der Waals surface area contributed by atoms with E-state index in [1.165, 1.54) is 11.8 Å². The number of nitrogens with one attached hydrogen (secondary N) is 2. The van der Waals surface area contributed by atoms with Crippen LogP contribution in [0.2, 0.25) is 0 Å². The highest BCUT2D eigenvalue weighted by Crippen LogP contribution is 2.23. The molecule has 0 fully saturated rings. The van der Waals surface area contributed by atoms with Crippen molar-refractivity contribution in [2.24, 2.45) is 0 Å². The predicted molar refractivity (Wildman–Crippen MR) is 111 cm³/mol. The number of ether oxygens (including phenoxy) is 1. The molecule has 0 aliphatic carbocycles. The Hall–Kier alpha value is -3.13. The molecular weight excluding hydrogens is 374 g/mol. The summed E-state index contributed by atoms with van der Waals surface area (Å²) in [4.78, 5) is 19.9. The summed E-state index contributed by atoms with van der Waals surface area (Å²) in [6, 6.07) is 15.2. The number of hydrogen-bond donors (Lipinski definition) is 2. The minimum atomic E-state index is -0.0590. The summed E-state index contributed by atoms with van der Waals surface area (Å²) >= 11 is 1.41. The number of nitrogens with zero attached hydrogens (tertiary/aromatic N) is 3. The summed E-state index contributed by atoms with van der Waals surface area (Å²) in [7, 11) is 0. The Morgan fingerprint density at radius 1 is 1.14 bits per heavy atom. The molecule has 2 aromatic carbocycles. The van der Waals surface area contributed by atoms with Crippen LogP contribution in [-0.4, -0.2) is 38.4 Å². The number of rotatable bonds is 7. The van der Waals surface area contributed by atoms with E-state index in [-0.39, 0.29) is 5.91 Å². The molecule has 8 heteroatoms. The SMILES string of the molecule is CCOc1ccc(NC(=O)CCSc2nnc3c(n2)[nH]c2ccccc23)cc1. The third-order valence-corrected chi connectivity index (χ3v) is 4.95. The van der Waals surface area contributed by atoms with Gasteiger partial charge in [-0.2, -0.15) is 0 Å². The van der Waals surface area contributed by atoms with E-state index in [1.807, 2.05) is 55.5 Å². The topological polar surface area (TPSA) is 92.8 Å². The van der Waals surface area contributed by atoms with Crippen molar-refractivity contribution in [1.29, 1.82) is 0 Å². The highest BCUT2D eigenvalue weighted by Gasteiger charge is 2.10. The van der Waals surface area contributed by atoms with Gasteiger partial charge in [0.15, 0.2) is 5.65 Å². The number of aromatic nitrogens is 4. The van der Waals surface area contributed by atoms with Crippen molar-refractivity contribution in [3.05, 3.63) is 48.5 Å². The Balaban J connectivity index is 1.33. The molecule has 142 valence electrons. The van der Waals surface area contributed by atoms with Crippen molar-refractivity contribution in [2.45, 2.75) is 18.5 Å². The van der Waals surface area contributed by atoms with Crippen LogP contribution in [-0.2, 0) is 4.79 Å². The first-order chi connectivity index (χ1) is 13.7. The van der Waals surface area contributed by atoms with E-state index in [9.17, 15) is 4.79 Å². The van der Waals surface area contributed by atoms with Gasteiger partial charge < -0.3 is 15.0 Å². The van der Waals surface area contributed by atoms with Crippen molar-refractivity contribution in [1.82, 2.24) is 20.2 Å². The Labute approximate surface area is 165 Å². The third-order valence-electron chi connectivity index (χ3n) is 4.11. The highest BCUT2D eigenvalue weighted by molar-refractivity contribution is 7.99. The van der Waals surface area contributed by atoms with Crippen molar-refractivity contribution >= 4 is 45.4 Å². The quantitative estimate of drug-likeness (QED) is 0.461. The Bertz CT molecular complexity index is 1110. The van der Waals surface area contributed by atoms with Crippen molar-refractivity contribution in [3.63, 3.8) is 0 Å². The predicted octanol–water partition coefficient (Wildman–Crippen LogP) is 4.03. The lowest BCUT2D eigenvalue weighted by molar-refractivity contribution is -0.115. The fourth-order valence-electron chi connectivity index (χ4n) is 2.83. The molecule has 0 bridgehead atoms. The minimum Gasteiger partial charge on any atom is -0.494 e. The van der Waals surface area contributed by atoms with Gasteiger partial charge >= 0.3 is 0 Å². The van der Waals surface area contributed by atoms with Gasteiger partial charge in [-0.15, -0.1) is 10.2 Å². The number of aromatic amines is 1. The van der Waals surface area contributed by atoms with Crippen LogP contribution >= 0.6 is 11.8 Å². The molecule has 0 atom stereocenters. The number of thioether (sulfide) groups is 1. The number of carbonyl (C=O) groups excluding carboxylic acids is 1. The molecule has 4 aromatic rings. The monoisotopic (exact) mass is 393 g/mol. The van der Waals surface area contributed by atoms with Gasteiger partial charge in [-0.1, -0.05) is 30.0 Å². The average molecular weight is 393 g/mol. The molecule has 2 aromatic heterocycles. The fraction of sp³-hybridized carbons (Fsp3) is 0.200. The third kappa shape index (κ3) is 4.07. The maximum atomic E-state index is 12.1. The lowest BCUT2D eigenvalue weighted by Gasteiger charge is -2.07. The summed E-state index contributed by atoms with van der Waals surface area (Å²) in [5.74, 6) is 1.29. The number of benzene rings is 2. The van der Waals surface area contributed by atoms with Gasteiger partial charge in [0.1, 0.15) is 11.3 Å². The standard InChI is InChI=1S/C20H19N5O2S/c1-2-27-14-9-7-13(8-10-14)21-17(26)11-12-28-20-23-19-18(24-25-20)15-5-3-4-6-16(15)22-19/h3-10H,2,11-12H2,1H3,(H,21,26)(H,22,23,25). The van der Waals surface area contributed by atoms with Gasteiger partial charge in [-0.05, 0) is 37.3 Å². The summed E-state index contributed by atoms with van der Waals surface area (Å²) < 4.78 is 5.39. The van der Waals surface area contributed by atoms with Crippen molar-refractivity contribution in [2.75, 3.05) is 17.7 Å². The molecule has 2 N–H and O–H groups in total. The molecule has 0 saturated carbocycles. The Kier molecular flexibility index (Phi) is 5.38. The molecule has 0 aliphatic heterocycles. The average Bonchev–Trinajstić information content (AvgIpc) is 3.07. The Morgan fingerprint density at radius 3 is 2.79 bits per heavy atom. The van der Waals surface area contributed by atoms with Gasteiger partial charge in [0.2, 0.25) is 11.1 Å². The van der Waals surface area contributed by atoms with Crippen LogP contribution in [0.25, 0.3) is 22.1 Å². The number of hydrogen-bond acceptors (Lipinski definition) is 6. The highest BCUT2D eigenvalue weighted by atomic mass is 32.2. The van der Waals surface area contributed by atoms with Crippen molar-refractivity contribution < 1.29 is 9.53 Å². The molecule has 28 heavy (non-hydrogen) atoms. The minimum absolute atomic E-state index is 0.0590. The number of fused-ring (bicyclic) bond motifs is 3. The van der Waals surface area contributed by atoms with Gasteiger partial charge in [-0.3, -0.25) is 4.79 Å². The fourth-order valence-corrected chi connectivity index (χ4v) is 3.55. The first-order valence-electron chi connectivity index (χ1n) is 8.99. The number of H-pyrrole nitrogens is 1. The molecule has 0 spiro atoms. The molecule has 1 amide bonds. The van der Waals surface area contributed by atoms with Gasteiger partial charge in [0, 0.05) is 28.8 Å². The molecule has 0 radical (unpaired) electrons. The summed E-state index contributed by atoms with van der Waals surface area (Å²) in [6.07, 6.45) is 0.353. The van der Waals surface area contributed by atoms with Crippen LogP contribution < -0.4 is 10.1 Å². The summed E-state index contributed by atoms with van der Waals surface area (Å²) in [5.41, 5.74) is 3.19. The molecule has 0 unspecified atom stereocenters. The lowest BCUT2D eigenvalue weighted by atomic mass is 10.2. The van der Waals surface area contributed by atoms with Crippen LogP contribution in [0.5, 0.6) is 5.75 Å². The number of amides is 1. The van der Waals surface area contributed by atoms with E-state index < -0.39 is 0 Å². The maximum absolute atomic E-state index is 12.1. The van der Waals surface area contributed by atoms with E-state index in [1.54, 1.807) is 0 Å². The summed E-state index contributed by atoms with van der Waals surface area (Å²) in [5, 5.41) is 12.9. The first-order valence-corrected chi connectivity index (χ1v) is 9.98. The summed E-state index contributed by atoms with van der Waals surface area (Å²) in [6.45, 7) is 2.55. The van der Waals surface area contributed by atoms with Crippen LogP contribution in [0.1, 0.15) is 13.3 Å². The zero-order chi connectivity index (χ0) is 19.3. The molecule has 7 nitrogen and oxygen atoms in total. The Morgan fingerprint density at radius 2 is 1.96 bits per heavy atom. The first kappa shape index (κ1) is 18.2. The second-order valence-electron chi connectivity index (χ2n) is 6.07. The lowest BCUT2D eigenvalue weighted by Crippen LogP contribution is -2.12. The van der Waals surface area contributed by atoms with E-state index in [0.29, 0.717) is 29.6 Å². The zero-order valence-corrected chi connectivity index (χ0v) is 16.1. The van der Waals surface area contributed by atoms with Crippen LogP contribution in [0.4, 0.5) is 5.69 Å². The van der Waals surface area contributed by atoms with E-state index in [0.717, 1.165) is 27.9 Å². The molecule has 0 aliphatic rings. The number of anilines is 1. The number of para-hydroxylation sites is 1. The molecular formula is C20H19N5O2S. The largest absolute Gasteiger partial charge is 0.494 e. The zero-order valence-electron chi connectivity index (χ0n) is 15.3. The van der Waals surface area contributed by atoms with E-state index in [2.05, 4.69) is 25.5 Å². The second-order valence-corrected chi connectivity index (χ2v) is 7.13. The van der Waals surface area contributed by atoms with Crippen LogP contribution in [0.15, 0.2) is 53.7 Å². The second kappa shape index (κ2) is 8.26. The van der Waals surface area contributed by atoms with Crippen LogP contribution in [0.3, 0.4) is 0 Å². The molecule has 4 rings (SSSR count). The molecule has 2 heterocycles. The van der Waals surface area contributed by atoms with E-state index >= 15 is 0 Å². The van der Waals surface area contributed by atoms with Crippen molar-refractivity contribution in [3.8, 4) is 5.75 Å². The van der Waals surface area contributed by atoms with Gasteiger partial charge in [0.25, 0.3) is 0 Å².